The average molecular weight is 161 g/mol. The van der Waals surface area contributed by atoms with Gasteiger partial charge in [0.15, 0.2) is 0 Å². The molecule has 0 spiro atoms. The molecule has 3 nitrogen and oxygen atoms in total. The molecule has 0 heterocycles. The number of hydrogen-bond donors (Lipinski definition) is 3. The Morgan fingerprint density at radius 2 is 1.73 bits per heavy atom. The van der Waals surface area contributed by atoms with Gasteiger partial charge in [0.2, 0.25) is 0 Å². The van der Waals surface area contributed by atoms with Crippen molar-refractivity contribution in [3.8, 4) is 0 Å². The second kappa shape index (κ2) is 5.52. The first kappa shape index (κ1) is 10.9. The molecule has 0 bridgehead atoms. The van der Waals surface area contributed by atoms with Crippen LogP contribution in [0.1, 0.15) is 32.6 Å². The Balaban J connectivity index is 3.38. The lowest BCUT2D eigenvalue weighted by Crippen LogP contribution is -2.36. The first-order valence-corrected chi connectivity index (χ1v) is 4.13. The van der Waals surface area contributed by atoms with Gasteiger partial charge in [-0.1, -0.05) is 0 Å². The molecule has 0 saturated heterocycles. The van der Waals surface area contributed by atoms with Crippen LogP contribution in [0.25, 0.3) is 0 Å². The number of rotatable bonds is 6. The Hall–Kier alpha value is -0.120. The standard InChI is InChI=1S/C8H19NO2/c1-8(9,5-7-11)4-2-3-6-10/h10-11H,2-7,9H2,1H3. The number of aliphatic hydroxyl groups excluding tert-OH is 2. The molecular weight excluding hydrogens is 142 g/mol. The summed E-state index contributed by atoms with van der Waals surface area (Å²) in [7, 11) is 0. The summed E-state index contributed by atoms with van der Waals surface area (Å²) in [5, 5.41) is 17.1. The first-order valence-electron chi connectivity index (χ1n) is 4.13. The minimum Gasteiger partial charge on any atom is -0.396 e. The Bertz CT molecular complexity index is 94.1. The third kappa shape index (κ3) is 6.28. The molecule has 1 atom stereocenters. The molecule has 0 aromatic carbocycles. The van der Waals surface area contributed by atoms with Crippen LogP contribution in [0.5, 0.6) is 0 Å². The molecule has 3 heteroatoms. The van der Waals surface area contributed by atoms with E-state index in [-0.39, 0.29) is 18.8 Å². The van der Waals surface area contributed by atoms with Crippen LogP contribution in [0.4, 0.5) is 0 Å². The molecule has 0 aliphatic rings. The Kier molecular flexibility index (Phi) is 5.46. The Morgan fingerprint density at radius 3 is 2.18 bits per heavy atom. The zero-order chi connectivity index (χ0) is 8.74. The monoisotopic (exact) mass is 161 g/mol. The molecule has 0 aliphatic carbocycles. The summed E-state index contributed by atoms with van der Waals surface area (Å²) in [4.78, 5) is 0. The van der Waals surface area contributed by atoms with E-state index < -0.39 is 0 Å². The zero-order valence-electron chi connectivity index (χ0n) is 7.21. The highest BCUT2D eigenvalue weighted by Gasteiger charge is 2.16. The maximum atomic E-state index is 8.63. The molecule has 0 aromatic rings. The first-order chi connectivity index (χ1) is 5.12. The van der Waals surface area contributed by atoms with Crippen molar-refractivity contribution in [2.45, 2.75) is 38.1 Å². The van der Waals surface area contributed by atoms with E-state index in [4.69, 9.17) is 15.9 Å². The lowest BCUT2D eigenvalue weighted by atomic mass is 9.93. The van der Waals surface area contributed by atoms with Gasteiger partial charge in [-0.3, -0.25) is 0 Å². The van der Waals surface area contributed by atoms with Crippen molar-refractivity contribution >= 4 is 0 Å². The van der Waals surface area contributed by atoms with Crippen LogP contribution in [-0.4, -0.2) is 29.0 Å². The molecule has 0 fully saturated rings. The fourth-order valence-corrected chi connectivity index (χ4v) is 1.02. The van der Waals surface area contributed by atoms with Crippen molar-refractivity contribution in [1.82, 2.24) is 0 Å². The van der Waals surface area contributed by atoms with Gasteiger partial charge < -0.3 is 15.9 Å². The molecule has 0 rings (SSSR count). The van der Waals surface area contributed by atoms with Crippen molar-refractivity contribution in [2.75, 3.05) is 13.2 Å². The van der Waals surface area contributed by atoms with Crippen molar-refractivity contribution < 1.29 is 10.2 Å². The summed E-state index contributed by atoms with van der Waals surface area (Å²) >= 11 is 0. The minimum absolute atomic E-state index is 0.145. The maximum Gasteiger partial charge on any atom is 0.0448 e. The van der Waals surface area contributed by atoms with E-state index in [9.17, 15) is 0 Å². The number of nitrogens with two attached hydrogens (primary N) is 1. The predicted octanol–water partition coefficient (Wildman–Crippen LogP) is 0.249. The van der Waals surface area contributed by atoms with Gasteiger partial charge in [0, 0.05) is 18.8 Å². The van der Waals surface area contributed by atoms with Crippen LogP contribution in [0.15, 0.2) is 0 Å². The Labute approximate surface area is 68.2 Å². The molecule has 0 aliphatic heterocycles. The topological polar surface area (TPSA) is 66.5 Å². The van der Waals surface area contributed by atoms with Crippen LogP contribution in [0.3, 0.4) is 0 Å². The van der Waals surface area contributed by atoms with E-state index in [0.29, 0.717) is 6.42 Å². The van der Waals surface area contributed by atoms with E-state index in [1.807, 2.05) is 6.92 Å². The molecule has 4 N–H and O–H groups in total. The maximum absolute atomic E-state index is 8.63. The molecular formula is C8H19NO2. The van der Waals surface area contributed by atoms with Crippen LogP contribution >= 0.6 is 0 Å². The summed E-state index contributed by atoms with van der Waals surface area (Å²) in [6.07, 6.45) is 3.24. The molecule has 0 amide bonds. The minimum atomic E-state index is -0.260. The average Bonchev–Trinajstić information content (AvgIpc) is 1.87. The highest BCUT2D eigenvalue weighted by Crippen LogP contribution is 2.13. The Morgan fingerprint density at radius 1 is 1.09 bits per heavy atom. The van der Waals surface area contributed by atoms with Crippen LogP contribution in [-0.2, 0) is 0 Å². The third-order valence-electron chi connectivity index (χ3n) is 1.84. The van der Waals surface area contributed by atoms with Crippen molar-refractivity contribution in [3.63, 3.8) is 0 Å². The van der Waals surface area contributed by atoms with E-state index in [2.05, 4.69) is 0 Å². The third-order valence-corrected chi connectivity index (χ3v) is 1.84. The number of aliphatic hydroxyl groups is 2. The summed E-state index contributed by atoms with van der Waals surface area (Å²) in [6.45, 7) is 2.31. The van der Waals surface area contributed by atoms with Gasteiger partial charge in [0.1, 0.15) is 0 Å². The quantitative estimate of drug-likeness (QED) is 0.489. The highest BCUT2D eigenvalue weighted by atomic mass is 16.3. The summed E-state index contributed by atoms with van der Waals surface area (Å²) in [6, 6.07) is 0. The molecule has 0 radical (unpaired) electrons. The van der Waals surface area contributed by atoms with Crippen LogP contribution < -0.4 is 5.73 Å². The van der Waals surface area contributed by atoms with Gasteiger partial charge in [0.25, 0.3) is 0 Å². The van der Waals surface area contributed by atoms with Crippen LogP contribution in [0, 0.1) is 0 Å². The fraction of sp³-hybridized carbons (Fsp3) is 1.00. The lowest BCUT2D eigenvalue weighted by molar-refractivity contribution is 0.230. The van der Waals surface area contributed by atoms with Gasteiger partial charge in [-0.2, -0.15) is 0 Å². The predicted molar refractivity (Wildman–Crippen MR) is 45.2 cm³/mol. The molecule has 1 unspecified atom stereocenters. The van der Waals surface area contributed by atoms with Gasteiger partial charge in [-0.15, -0.1) is 0 Å². The van der Waals surface area contributed by atoms with E-state index in [1.165, 1.54) is 0 Å². The zero-order valence-corrected chi connectivity index (χ0v) is 7.21. The van der Waals surface area contributed by atoms with E-state index >= 15 is 0 Å². The normalized spacial score (nSPS) is 16.4. The number of unbranched alkanes of at least 4 members (excludes halogenated alkanes) is 1. The lowest BCUT2D eigenvalue weighted by Gasteiger charge is -2.23. The van der Waals surface area contributed by atoms with Gasteiger partial charge in [-0.25, -0.2) is 0 Å². The van der Waals surface area contributed by atoms with Gasteiger partial charge in [-0.05, 0) is 32.6 Å². The largest absolute Gasteiger partial charge is 0.396 e. The van der Waals surface area contributed by atoms with Crippen molar-refractivity contribution in [3.05, 3.63) is 0 Å². The second-order valence-electron chi connectivity index (χ2n) is 3.31. The summed E-state index contributed by atoms with van der Waals surface area (Å²) in [5.41, 5.74) is 5.57. The number of hydrogen-bond acceptors (Lipinski definition) is 3. The van der Waals surface area contributed by atoms with Gasteiger partial charge >= 0.3 is 0 Å². The summed E-state index contributed by atoms with van der Waals surface area (Å²) in [5.74, 6) is 0. The molecule has 0 aromatic heterocycles. The molecule has 0 saturated carbocycles. The SMILES string of the molecule is CC(N)(CCO)CCCCO. The van der Waals surface area contributed by atoms with E-state index in [1.54, 1.807) is 0 Å². The van der Waals surface area contributed by atoms with Crippen molar-refractivity contribution in [1.29, 1.82) is 0 Å². The fourth-order valence-electron chi connectivity index (χ4n) is 1.02. The smallest absolute Gasteiger partial charge is 0.0448 e. The van der Waals surface area contributed by atoms with Gasteiger partial charge in [0.05, 0.1) is 0 Å². The van der Waals surface area contributed by atoms with Crippen molar-refractivity contribution in [2.24, 2.45) is 5.73 Å². The highest BCUT2D eigenvalue weighted by molar-refractivity contribution is 4.77. The summed E-state index contributed by atoms with van der Waals surface area (Å²) < 4.78 is 0. The molecule has 68 valence electrons. The van der Waals surface area contributed by atoms with Crippen LogP contribution in [0.2, 0.25) is 0 Å². The second-order valence-corrected chi connectivity index (χ2v) is 3.31. The molecule has 11 heavy (non-hydrogen) atoms. The van der Waals surface area contributed by atoms with E-state index in [0.717, 1.165) is 19.3 Å².